The largest absolute Gasteiger partial charge is 0.412 e. The summed E-state index contributed by atoms with van der Waals surface area (Å²) in [4.78, 5) is 0. The summed E-state index contributed by atoms with van der Waals surface area (Å²) in [6, 6.07) is 3.86. The maximum atomic E-state index is 6.73. The Morgan fingerprint density at radius 3 is 1.90 bits per heavy atom. The molecule has 7 heteroatoms. The first-order chi connectivity index (χ1) is 14.0. The maximum Gasteiger partial charge on any atom is 0.187 e. The highest BCUT2D eigenvalue weighted by atomic mass is 28.4. The van der Waals surface area contributed by atoms with Gasteiger partial charge in [-0.2, -0.15) is 0 Å². The van der Waals surface area contributed by atoms with Crippen molar-refractivity contribution in [3.63, 3.8) is 0 Å². The van der Waals surface area contributed by atoms with Crippen LogP contribution in [0.1, 0.15) is 40.0 Å². The van der Waals surface area contributed by atoms with Crippen LogP contribution in [0.2, 0.25) is 44.3 Å². The van der Waals surface area contributed by atoms with Crippen molar-refractivity contribution >= 4 is 16.4 Å². The van der Waals surface area contributed by atoms with Crippen LogP contribution in [-0.2, 0) is 23.4 Å². The first-order valence-corrected chi connectivity index (χ1v) is 18.6. The highest BCUT2D eigenvalue weighted by Crippen LogP contribution is 2.32. The second kappa shape index (κ2) is 11.9. The Morgan fingerprint density at radius 2 is 1.40 bits per heavy atom. The third-order valence-electron chi connectivity index (χ3n) is 5.92. The minimum Gasteiger partial charge on any atom is -0.412 e. The van der Waals surface area contributed by atoms with E-state index in [4.69, 9.17) is 23.4 Å². The van der Waals surface area contributed by atoms with Gasteiger partial charge < -0.3 is 23.4 Å². The lowest BCUT2D eigenvalue weighted by atomic mass is 9.96. The molecule has 0 aliphatic carbocycles. The van der Waals surface area contributed by atoms with E-state index in [0.717, 1.165) is 58.5 Å². The van der Waals surface area contributed by atoms with Crippen molar-refractivity contribution in [3.8, 4) is 0 Å². The third kappa shape index (κ3) is 12.9. The molecule has 0 saturated carbocycles. The SMILES string of the molecule is CC(CC(C)(C)O[Si](C)(C)CCCOCC1CO1)C[Si](C)(C)CCCOCC1CO1. The molecule has 178 valence electrons. The fourth-order valence-corrected chi connectivity index (χ4v) is 10.8. The summed E-state index contributed by atoms with van der Waals surface area (Å²) in [7, 11) is -2.89. The molecule has 0 bridgehead atoms. The predicted molar refractivity (Wildman–Crippen MR) is 129 cm³/mol. The predicted octanol–water partition coefficient (Wildman–Crippen LogP) is 5.33. The Kier molecular flexibility index (Phi) is 10.5. The second-order valence-corrected chi connectivity index (χ2v) is 21.0. The maximum absolute atomic E-state index is 6.73. The third-order valence-corrected chi connectivity index (χ3v) is 12.1. The van der Waals surface area contributed by atoms with Crippen molar-refractivity contribution in [3.05, 3.63) is 0 Å². The molecular weight excluding hydrogens is 412 g/mol. The van der Waals surface area contributed by atoms with E-state index in [9.17, 15) is 0 Å². The van der Waals surface area contributed by atoms with E-state index in [1.165, 1.54) is 18.5 Å². The van der Waals surface area contributed by atoms with Gasteiger partial charge in [-0.15, -0.1) is 0 Å². The van der Waals surface area contributed by atoms with Gasteiger partial charge in [0, 0.05) is 21.3 Å². The summed E-state index contributed by atoms with van der Waals surface area (Å²) >= 11 is 0. The van der Waals surface area contributed by atoms with E-state index in [2.05, 4.69) is 47.0 Å². The fourth-order valence-electron chi connectivity index (χ4n) is 4.81. The first kappa shape index (κ1) is 26.5. The molecule has 0 aromatic heterocycles. The van der Waals surface area contributed by atoms with E-state index in [0.29, 0.717) is 18.1 Å². The lowest BCUT2D eigenvalue weighted by Gasteiger charge is -2.38. The average molecular weight is 461 g/mol. The minimum absolute atomic E-state index is 0.0459. The van der Waals surface area contributed by atoms with Crippen LogP contribution >= 0.6 is 0 Å². The summed E-state index contributed by atoms with van der Waals surface area (Å²) in [5.41, 5.74) is -0.0459. The lowest BCUT2D eigenvalue weighted by molar-refractivity contribution is 0.0729. The van der Waals surface area contributed by atoms with Gasteiger partial charge in [-0.3, -0.25) is 0 Å². The number of hydrogen-bond acceptors (Lipinski definition) is 5. The van der Waals surface area contributed by atoms with Crippen LogP contribution in [0.25, 0.3) is 0 Å². The van der Waals surface area contributed by atoms with Gasteiger partial charge in [0.15, 0.2) is 8.32 Å². The quantitative estimate of drug-likeness (QED) is 0.157. The molecule has 0 radical (unpaired) electrons. The van der Waals surface area contributed by atoms with Gasteiger partial charge in [-0.25, -0.2) is 0 Å². The van der Waals surface area contributed by atoms with E-state index < -0.39 is 16.4 Å². The summed E-state index contributed by atoms with van der Waals surface area (Å²) in [6.45, 7) is 21.8. The number of hydrogen-bond donors (Lipinski definition) is 0. The second-order valence-electron chi connectivity index (χ2n) is 11.6. The Labute approximate surface area is 187 Å². The van der Waals surface area contributed by atoms with Gasteiger partial charge in [-0.1, -0.05) is 32.1 Å². The summed E-state index contributed by atoms with van der Waals surface area (Å²) in [5, 5.41) is 0. The smallest absolute Gasteiger partial charge is 0.187 e. The number of epoxide rings is 2. The lowest BCUT2D eigenvalue weighted by Crippen LogP contribution is -2.42. The molecule has 0 aromatic rings. The van der Waals surface area contributed by atoms with Crippen LogP contribution in [-0.4, -0.2) is 73.8 Å². The molecule has 2 aliphatic heterocycles. The Morgan fingerprint density at radius 1 is 0.900 bits per heavy atom. The van der Waals surface area contributed by atoms with Crippen molar-refractivity contribution in [2.45, 2.75) is 102 Å². The molecule has 2 rings (SSSR count). The van der Waals surface area contributed by atoms with Gasteiger partial charge >= 0.3 is 0 Å². The molecule has 2 fully saturated rings. The normalized spacial score (nSPS) is 22.9. The van der Waals surface area contributed by atoms with E-state index in [1.807, 2.05) is 0 Å². The molecule has 3 unspecified atom stereocenters. The highest BCUT2D eigenvalue weighted by Gasteiger charge is 2.34. The Bertz CT molecular complexity index is 490. The van der Waals surface area contributed by atoms with E-state index >= 15 is 0 Å². The molecule has 0 N–H and O–H groups in total. The average Bonchev–Trinajstić information content (AvgIpc) is 3.46. The van der Waals surface area contributed by atoms with Crippen LogP contribution in [0.5, 0.6) is 0 Å². The van der Waals surface area contributed by atoms with Crippen LogP contribution in [0.3, 0.4) is 0 Å². The van der Waals surface area contributed by atoms with Crippen molar-refractivity contribution in [1.82, 2.24) is 0 Å². The summed E-state index contributed by atoms with van der Waals surface area (Å²) in [6.07, 6.45) is 4.17. The molecule has 0 spiro atoms. The van der Waals surface area contributed by atoms with Crippen molar-refractivity contribution in [1.29, 1.82) is 0 Å². The molecule has 0 aromatic carbocycles. The molecule has 2 aliphatic rings. The molecule has 0 amide bonds. The Hall–Kier alpha value is 0.234. The first-order valence-electron chi connectivity index (χ1n) is 12.1. The van der Waals surface area contributed by atoms with Gasteiger partial charge in [0.05, 0.1) is 32.0 Å². The molecule has 2 heterocycles. The van der Waals surface area contributed by atoms with Gasteiger partial charge in [0.1, 0.15) is 12.2 Å². The van der Waals surface area contributed by atoms with Crippen LogP contribution in [0, 0.1) is 5.92 Å². The molecule has 30 heavy (non-hydrogen) atoms. The number of rotatable bonds is 18. The van der Waals surface area contributed by atoms with E-state index in [1.54, 1.807) is 0 Å². The highest BCUT2D eigenvalue weighted by molar-refractivity contribution is 6.77. The van der Waals surface area contributed by atoms with Crippen LogP contribution in [0.15, 0.2) is 0 Å². The summed E-state index contributed by atoms with van der Waals surface area (Å²) in [5.74, 6) is 0.703. The monoisotopic (exact) mass is 460 g/mol. The van der Waals surface area contributed by atoms with Gasteiger partial charge in [0.25, 0.3) is 0 Å². The minimum atomic E-state index is -1.69. The van der Waals surface area contributed by atoms with E-state index in [-0.39, 0.29) is 5.60 Å². The zero-order valence-corrected chi connectivity index (χ0v) is 22.8. The molecular formula is C23H48O5Si2. The standard InChI is InChI=1S/C23H48O5Si2/c1-20(19-29(4,5)12-8-10-24-15-21-17-26-21)14-23(2,3)28-30(6,7)13-9-11-25-16-22-18-27-22/h20-22H,8-19H2,1-7H3. The Balaban J connectivity index is 1.60. The van der Waals surface area contributed by atoms with Crippen LogP contribution < -0.4 is 0 Å². The van der Waals surface area contributed by atoms with Gasteiger partial charge in [0.2, 0.25) is 0 Å². The van der Waals surface area contributed by atoms with Crippen molar-refractivity contribution in [2.75, 3.05) is 39.6 Å². The summed E-state index contributed by atoms with van der Waals surface area (Å²) < 4.78 is 28.5. The molecule has 2 saturated heterocycles. The van der Waals surface area contributed by atoms with Crippen LogP contribution in [0.4, 0.5) is 0 Å². The fraction of sp³-hybridized carbons (Fsp3) is 1.00. The molecule has 5 nitrogen and oxygen atoms in total. The molecule has 3 atom stereocenters. The topological polar surface area (TPSA) is 52.8 Å². The number of ether oxygens (including phenoxy) is 4. The van der Waals surface area contributed by atoms with Gasteiger partial charge in [-0.05, 0) is 58.2 Å². The zero-order valence-electron chi connectivity index (χ0n) is 20.8. The van der Waals surface area contributed by atoms with Crippen molar-refractivity contribution < 1.29 is 23.4 Å². The zero-order chi connectivity index (χ0) is 22.3. The van der Waals surface area contributed by atoms with Crippen molar-refractivity contribution in [2.24, 2.45) is 5.92 Å².